The normalized spacial score (nSPS) is 30.3. The van der Waals surface area contributed by atoms with Gasteiger partial charge in [-0.3, -0.25) is 4.79 Å². The monoisotopic (exact) mass is 282 g/mol. The van der Waals surface area contributed by atoms with Gasteiger partial charge in [-0.1, -0.05) is 6.92 Å². The van der Waals surface area contributed by atoms with Gasteiger partial charge >= 0.3 is 5.97 Å². The minimum Gasteiger partial charge on any atom is -0.464 e. The van der Waals surface area contributed by atoms with Crippen LogP contribution in [0.15, 0.2) is 0 Å². The van der Waals surface area contributed by atoms with E-state index >= 15 is 0 Å². The average molecular weight is 282 g/mol. The van der Waals surface area contributed by atoms with Crippen LogP contribution in [0, 0.1) is 0 Å². The van der Waals surface area contributed by atoms with Crippen molar-refractivity contribution in [2.75, 3.05) is 19.7 Å². The zero-order valence-electron chi connectivity index (χ0n) is 12.6. The van der Waals surface area contributed by atoms with Crippen LogP contribution in [-0.2, 0) is 14.3 Å². The molecular formula is C15H26N2O3. The quantitative estimate of drug-likeness (QED) is 0.793. The summed E-state index contributed by atoms with van der Waals surface area (Å²) in [5.41, 5.74) is -0.456. The van der Waals surface area contributed by atoms with Crippen LogP contribution >= 0.6 is 0 Å². The Morgan fingerprint density at radius 1 is 1.30 bits per heavy atom. The van der Waals surface area contributed by atoms with E-state index in [1.807, 2.05) is 6.92 Å². The Labute approximate surface area is 121 Å². The van der Waals surface area contributed by atoms with E-state index in [9.17, 15) is 9.59 Å². The van der Waals surface area contributed by atoms with Crippen molar-refractivity contribution in [1.29, 1.82) is 0 Å². The summed E-state index contributed by atoms with van der Waals surface area (Å²) in [7, 11) is 0. The summed E-state index contributed by atoms with van der Waals surface area (Å²) in [6.45, 7) is 5.77. The summed E-state index contributed by atoms with van der Waals surface area (Å²) in [5, 5.41) is 3.37. The zero-order valence-corrected chi connectivity index (χ0v) is 12.6. The molecule has 20 heavy (non-hydrogen) atoms. The first-order chi connectivity index (χ1) is 9.64. The number of nitrogens with zero attached hydrogens (tertiary/aromatic N) is 1. The molecule has 1 amide bonds. The number of hydrogen-bond donors (Lipinski definition) is 1. The molecule has 0 aromatic heterocycles. The fourth-order valence-corrected chi connectivity index (χ4v) is 3.37. The van der Waals surface area contributed by atoms with Crippen LogP contribution in [0.25, 0.3) is 0 Å². The molecular weight excluding hydrogens is 256 g/mol. The van der Waals surface area contributed by atoms with Gasteiger partial charge in [-0.2, -0.15) is 0 Å². The first-order valence-electron chi connectivity index (χ1n) is 7.87. The van der Waals surface area contributed by atoms with Crippen LogP contribution in [0.3, 0.4) is 0 Å². The molecule has 2 rings (SSSR count). The van der Waals surface area contributed by atoms with E-state index in [-0.39, 0.29) is 17.9 Å². The van der Waals surface area contributed by atoms with Crippen LogP contribution in [0.4, 0.5) is 0 Å². The second kappa shape index (κ2) is 6.57. The number of carbonyl (C=O) groups excluding carboxylic acids is 2. The van der Waals surface area contributed by atoms with Gasteiger partial charge in [0.2, 0.25) is 5.91 Å². The minimum absolute atomic E-state index is 0.0928. The van der Waals surface area contributed by atoms with Crippen molar-refractivity contribution < 1.29 is 14.3 Å². The maximum absolute atomic E-state index is 12.9. The second-order valence-electron chi connectivity index (χ2n) is 5.73. The Hall–Kier alpha value is -1.10. The lowest BCUT2D eigenvalue weighted by molar-refractivity contribution is -0.159. The summed E-state index contributed by atoms with van der Waals surface area (Å²) >= 11 is 0. The number of esters is 1. The molecule has 5 heteroatoms. The van der Waals surface area contributed by atoms with Crippen molar-refractivity contribution in [3.63, 3.8) is 0 Å². The molecule has 5 nitrogen and oxygen atoms in total. The minimum atomic E-state index is -0.456. The largest absolute Gasteiger partial charge is 0.464 e. The van der Waals surface area contributed by atoms with Crippen LogP contribution in [0.1, 0.15) is 52.4 Å². The van der Waals surface area contributed by atoms with Gasteiger partial charge in [-0.25, -0.2) is 4.79 Å². The first kappa shape index (κ1) is 15.3. The molecule has 2 unspecified atom stereocenters. The van der Waals surface area contributed by atoms with Crippen molar-refractivity contribution in [3.8, 4) is 0 Å². The average Bonchev–Trinajstić information content (AvgIpc) is 2.97. The fraction of sp³-hybridized carbons (Fsp3) is 0.867. The Bertz CT molecular complexity index is 364. The van der Waals surface area contributed by atoms with Gasteiger partial charge in [0, 0.05) is 6.54 Å². The van der Waals surface area contributed by atoms with Gasteiger partial charge in [0.05, 0.1) is 12.1 Å². The third-order valence-electron chi connectivity index (χ3n) is 4.58. The molecule has 114 valence electrons. The van der Waals surface area contributed by atoms with Gasteiger partial charge in [0.25, 0.3) is 0 Å². The van der Waals surface area contributed by atoms with E-state index in [2.05, 4.69) is 5.32 Å². The number of nitrogens with one attached hydrogen (secondary N) is 1. The van der Waals surface area contributed by atoms with Gasteiger partial charge in [-0.05, 0) is 52.0 Å². The van der Waals surface area contributed by atoms with Crippen LogP contribution < -0.4 is 5.32 Å². The first-order valence-corrected chi connectivity index (χ1v) is 7.87. The molecule has 2 heterocycles. The number of piperidine rings is 1. The third kappa shape index (κ3) is 2.82. The fourth-order valence-electron chi connectivity index (χ4n) is 3.37. The van der Waals surface area contributed by atoms with E-state index in [1.54, 1.807) is 11.8 Å². The molecule has 2 fully saturated rings. The highest BCUT2D eigenvalue weighted by atomic mass is 16.5. The maximum Gasteiger partial charge on any atom is 0.328 e. The lowest BCUT2D eigenvalue weighted by Crippen LogP contribution is -2.60. The van der Waals surface area contributed by atoms with Crippen molar-refractivity contribution >= 4 is 11.9 Å². The summed E-state index contributed by atoms with van der Waals surface area (Å²) in [6.07, 6.45) is 5.36. The van der Waals surface area contributed by atoms with Crippen LogP contribution in [-0.4, -0.2) is 48.1 Å². The molecule has 0 saturated carbocycles. The molecule has 2 atom stereocenters. The second-order valence-corrected chi connectivity index (χ2v) is 5.73. The molecule has 2 aliphatic rings. The summed E-state index contributed by atoms with van der Waals surface area (Å²) in [5.74, 6) is -0.153. The molecule has 0 spiro atoms. The van der Waals surface area contributed by atoms with Crippen molar-refractivity contribution in [3.05, 3.63) is 0 Å². The lowest BCUT2D eigenvalue weighted by Gasteiger charge is -2.40. The zero-order chi connectivity index (χ0) is 14.6. The number of carbonyl (C=O) groups is 2. The number of rotatable bonds is 4. The van der Waals surface area contributed by atoms with E-state index in [0.717, 1.165) is 45.1 Å². The number of ether oxygens (including phenoxy) is 1. The Balaban J connectivity index is 2.14. The molecule has 1 N–H and O–H groups in total. The molecule has 0 aliphatic carbocycles. The summed E-state index contributed by atoms with van der Waals surface area (Å²) < 4.78 is 5.14. The van der Waals surface area contributed by atoms with Crippen LogP contribution in [0.5, 0.6) is 0 Å². The predicted molar refractivity (Wildman–Crippen MR) is 76.2 cm³/mol. The van der Waals surface area contributed by atoms with Gasteiger partial charge in [-0.15, -0.1) is 0 Å². The number of likely N-dealkylation sites (tertiary alicyclic amines) is 1. The number of hydrogen-bond acceptors (Lipinski definition) is 4. The molecule has 0 aromatic carbocycles. The smallest absolute Gasteiger partial charge is 0.328 e. The SMILES string of the molecule is CCOC(=O)C1CCCCN1C(=O)C1(CC)CCCN1. The van der Waals surface area contributed by atoms with Gasteiger partial charge < -0.3 is 15.0 Å². The van der Waals surface area contributed by atoms with Crippen LogP contribution in [0.2, 0.25) is 0 Å². The van der Waals surface area contributed by atoms with E-state index < -0.39 is 5.54 Å². The third-order valence-corrected chi connectivity index (χ3v) is 4.58. The lowest BCUT2D eigenvalue weighted by atomic mass is 9.90. The van der Waals surface area contributed by atoms with Gasteiger partial charge in [0.15, 0.2) is 0 Å². The summed E-state index contributed by atoms with van der Waals surface area (Å²) in [4.78, 5) is 26.8. The molecule has 0 bridgehead atoms. The Morgan fingerprint density at radius 2 is 2.10 bits per heavy atom. The topological polar surface area (TPSA) is 58.6 Å². The van der Waals surface area contributed by atoms with Crippen molar-refractivity contribution in [2.45, 2.75) is 64.0 Å². The molecule has 0 aromatic rings. The standard InChI is InChI=1S/C15H26N2O3/c1-3-15(9-7-10-16-15)14(19)17-11-6-5-8-12(17)13(18)20-4-2/h12,16H,3-11H2,1-2H3. The maximum atomic E-state index is 12.9. The van der Waals surface area contributed by atoms with Crippen molar-refractivity contribution in [2.24, 2.45) is 0 Å². The van der Waals surface area contributed by atoms with E-state index in [1.165, 1.54) is 0 Å². The van der Waals surface area contributed by atoms with E-state index in [0.29, 0.717) is 13.2 Å². The van der Waals surface area contributed by atoms with Crippen molar-refractivity contribution in [1.82, 2.24) is 10.2 Å². The van der Waals surface area contributed by atoms with E-state index in [4.69, 9.17) is 4.74 Å². The molecule has 2 saturated heterocycles. The predicted octanol–water partition coefficient (Wildman–Crippen LogP) is 1.46. The highest BCUT2D eigenvalue weighted by Crippen LogP contribution is 2.29. The Kier molecular flexibility index (Phi) is 5.02. The highest BCUT2D eigenvalue weighted by Gasteiger charge is 2.45. The van der Waals surface area contributed by atoms with Gasteiger partial charge in [0.1, 0.15) is 6.04 Å². The number of amides is 1. The highest BCUT2D eigenvalue weighted by molar-refractivity contribution is 5.91. The molecule has 0 radical (unpaired) electrons. The summed E-state index contributed by atoms with van der Waals surface area (Å²) in [6, 6.07) is -0.387. The Morgan fingerprint density at radius 3 is 2.70 bits per heavy atom. The molecule has 2 aliphatic heterocycles.